The van der Waals surface area contributed by atoms with Crippen LogP contribution in [0.25, 0.3) is 0 Å². The average molecular weight is 380 g/mol. The molecule has 2 rings (SSSR count). The Morgan fingerprint density at radius 3 is 2.04 bits per heavy atom. The van der Waals surface area contributed by atoms with Crippen LogP contribution in [0.3, 0.4) is 0 Å². The summed E-state index contributed by atoms with van der Waals surface area (Å²) in [5.74, 6) is 0.704. The number of amides is 1. The van der Waals surface area contributed by atoms with Crippen molar-refractivity contribution in [1.82, 2.24) is 4.90 Å². The van der Waals surface area contributed by atoms with Crippen LogP contribution in [-0.4, -0.2) is 42.8 Å². The number of nitrogens with two attached hydrogens (primary N) is 1. The smallest absolute Gasteiger partial charge is 0.410 e. The summed E-state index contributed by atoms with van der Waals surface area (Å²) in [5, 5.41) is 0. The summed E-state index contributed by atoms with van der Waals surface area (Å²) in [6.07, 6.45) is -0.229. The molecular weight excluding hydrogens is 346 g/mol. The highest BCUT2D eigenvalue weighted by atomic mass is 32.1. The lowest BCUT2D eigenvalue weighted by Crippen LogP contribution is -2.50. The van der Waals surface area contributed by atoms with Crippen LogP contribution < -0.4 is 10.6 Å². The molecular formula is C20H33N3O2S. The molecule has 5 nitrogen and oxygen atoms in total. The van der Waals surface area contributed by atoms with E-state index in [1.165, 1.54) is 33.5 Å². The minimum absolute atomic E-state index is 0.229. The molecule has 6 heteroatoms. The van der Waals surface area contributed by atoms with Crippen molar-refractivity contribution in [3.8, 4) is 0 Å². The summed E-state index contributed by atoms with van der Waals surface area (Å²) in [5.41, 5.74) is 13.1. The van der Waals surface area contributed by atoms with Gasteiger partial charge in [-0.15, -0.1) is 0 Å². The van der Waals surface area contributed by atoms with Gasteiger partial charge in [-0.1, -0.05) is 0 Å². The molecule has 26 heavy (non-hydrogen) atoms. The van der Waals surface area contributed by atoms with Crippen LogP contribution in [0.1, 0.15) is 48.6 Å². The molecule has 0 radical (unpaired) electrons. The SMILES string of the molecule is Cc1c(CN)c(C)c(N2CCN(C(=O)OC(C)(C)C)CC2)c(C)c1CS. The van der Waals surface area contributed by atoms with E-state index in [1.54, 1.807) is 4.90 Å². The van der Waals surface area contributed by atoms with Gasteiger partial charge >= 0.3 is 6.09 Å². The lowest BCUT2D eigenvalue weighted by Gasteiger charge is -2.39. The van der Waals surface area contributed by atoms with E-state index in [0.717, 1.165) is 13.1 Å². The molecule has 1 saturated heterocycles. The van der Waals surface area contributed by atoms with Gasteiger partial charge in [0, 0.05) is 44.2 Å². The predicted octanol–water partition coefficient (Wildman–Crippen LogP) is 3.56. The summed E-state index contributed by atoms with van der Waals surface area (Å²) in [6, 6.07) is 0. The molecule has 0 bridgehead atoms. The third kappa shape index (κ3) is 4.29. The van der Waals surface area contributed by atoms with E-state index >= 15 is 0 Å². The molecule has 1 aromatic carbocycles. The number of nitrogens with zero attached hydrogens (tertiary/aromatic N) is 2. The molecule has 0 spiro atoms. The van der Waals surface area contributed by atoms with Gasteiger partial charge in [0.05, 0.1) is 0 Å². The lowest BCUT2D eigenvalue weighted by molar-refractivity contribution is 0.0240. The van der Waals surface area contributed by atoms with E-state index in [9.17, 15) is 4.79 Å². The first-order chi connectivity index (χ1) is 12.1. The third-order valence-corrected chi connectivity index (χ3v) is 5.45. The largest absolute Gasteiger partial charge is 0.444 e. The van der Waals surface area contributed by atoms with Gasteiger partial charge in [-0.2, -0.15) is 12.6 Å². The van der Waals surface area contributed by atoms with Crippen molar-refractivity contribution >= 4 is 24.4 Å². The fourth-order valence-corrected chi connectivity index (χ4v) is 4.24. The van der Waals surface area contributed by atoms with Crippen molar-refractivity contribution in [1.29, 1.82) is 0 Å². The van der Waals surface area contributed by atoms with E-state index in [0.29, 0.717) is 25.4 Å². The highest BCUT2D eigenvalue weighted by Gasteiger charge is 2.28. The van der Waals surface area contributed by atoms with Crippen LogP contribution in [0.2, 0.25) is 0 Å². The van der Waals surface area contributed by atoms with Crippen LogP contribution >= 0.6 is 12.6 Å². The quantitative estimate of drug-likeness (QED) is 0.789. The summed E-state index contributed by atoms with van der Waals surface area (Å²) in [4.78, 5) is 16.5. The second kappa shape index (κ2) is 8.09. The first-order valence-electron chi connectivity index (χ1n) is 9.26. The van der Waals surface area contributed by atoms with Crippen LogP contribution in [0.5, 0.6) is 0 Å². The molecule has 0 saturated carbocycles. The van der Waals surface area contributed by atoms with Gasteiger partial charge in [0.15, 0.2) is 0 Å². The Morgan fingerprint density at radius 1 is 1.04 bits per heavy atom. The average Bonchev–Trinajstić information content (AvgIpc) is 2.54. The van der Waals surface area contributed by atoms with Crippen molar-refractivity contribution in [2.24, 2.45) is 5.73 Å². The maximum atomic E-state index is 12.3. The molecule has 0 aliphatic carbocycles. The Morgan fingerprint density at radius 2 is 1.58 bits per heavy atom. The number of rotatable bonds is 3. The molecule has 2 N–H and O–H groups in total. The van der Waals surface area contributed by atoms with Crippen molar-refractivity contribution in [2.45, 2.75) is 59.4 Å². The molecule has 1 fully saturated rings. The number of carbonyl (C=O) groups is 1. The Labute approximate surface area is 163 Å². The number of ether oxygens (including phenoxy) is 1. The number of thiol groups is 1. The van der Waals surface area contributed by atoms with Crippen molar-refractivity contribution < 1.29 is 9.53 Å². The molecule has 0 aromatic heterocycles. The van der Waals surface area contributed by atoms with Gasteiger partial charge in [-0.3, -0.25) is 0 Å². The fraction of sp³-hybridized carbons (Fsp3) is 0.650. The number of piperazine rings is 1. The van der Waals surface area contributed by atoms with Crippen molar-refractivity contribution in [2.75, 3.05) is 31.1 Å². The van der Waals surface area contributed by atoms with E-state index in [1.807, 2.05) is 20.8 Å². The van der Waals surface area contributed by atoms with Gasteiger partial charge in [0.2, 0.25) is 0 Å². The zero-order chi connectivity index (χ0) is 19.6. The van der Waals surface area contributed by atoms with E-state index < -0.39 is 5.60 Å². The highest BCUT2D eigenvalue weighted by Crippen LogP contribution is 2.35. The summed E-state index contributed by atoms with van der Waals surface area (Å²) in [7, 11) is 0. The molecule has 0 atom stereocenters. The second-order valence-corrected chi connectivity index (χ2v) is 8.31. The number of hydrogen-bond donors (Lipinski definition) is 2. The first-order valence-corrected chi connectivity index (χ1v) is 9.89. The minimum Gasteiger partial charge on any atom is -0.444 e. The van der Waals surface area contributed by atoms with Gasteiger partial charge in [-0.05, 0) is 69.4 Å². The third-order valence-electron chi connectivity index (χ3n) is 5.13. The summed E-state index contributed by atoms with van der Waals surface area (Å²) >= 11 is 4.53. The summed E-state index contributed by atoms with van der Waals surface area (Å²) in [6.45, 7) is 15.6. The minimum atomic E-state index is -0.462. The Kier molecular flexibility index (Phi) is 6.51. The van der Waals surface area contributed by atoms with Gasteiger partial charge in [0.25, 0.3) is 0 Å². The summed E-state index contributed by atoms with van der Waals surface area (Å²) < 4.78 is 5.50. The second-order valence-electron chi connectivity index (χ2n) is 8.00. The van der Waals surface area contributed by atoms with E-state index in [2.05, 4.69) is 38.3 Å². The van der Waals surface area contributed by atoms with E-state index in [4.69, 9.17) is 10.5 Å². The maximum Gasteiger partial charge on any atom is 0.410 e. The van der Waals surface area contributed by atoms with Crippen LogP contribution in [0.15, 0.2) is 0 Å². The first kappa shape index (κ1) is 20.9. The van der Waals surface area contributed by atoms with Crippen LogP contribution in [-0.2, 0) is 17.0 Å². The number of benzene rings is 1. The molecule has 1 amide bonds. The molecule has 1 heterocycles. The van der Waals surface area contributed by atoms with Crippen molar-refractivity contribution in [3.63, 3.8) is 0 Å². The number of anilines is 1. The van der Waals surface area contributed by atoms with Gasteiger partial charge < -0.3 is 20.3 Å². The van der Waals surface area contributed by atoms with Gasteiger partial charge in [-0.25, -0.2) is 4.79 Å². The Bertz CT molecular complexity index is 644. The number of hydrogen-bond acceptors (Lipinski definition) is 5. The zero-order valence-electron chi connectivity index (χ0n) is 17.0. The van der Waals surface area contributed by atoms with Gasteiger partial charge in [0.1, 0.15) is 5.60 Å². The highest BCUT2D eigenvalue weighted by molar-refractivity contribution is 7.79. The molecule has 146 valence electrons. The van der Waals surface area contributed by atoms with Crippen molar-refractivity contribution in [3.05, 3.63) is 27.8 Å². The predicted molar refractivity (Wildman–Crippen MR) is 111 cm³/mol. The monoisotopic (exact) mass is 379 g/mol. The lowest BCUT2D eigenvalue weighted by atomic mass is 9.91. The topological polar surface area (TPSA) is 58.8 Å². The maximum absolute atomic E-state index is 12.3. The zero-order valence-corrected chi connectivity index (χ0v) is 17.9. The van der Waals surface area contributed by atoms with E-state index in [-0.39, 0.29) is 6.09 Å². The number of carbonyl (C=O) groups excluding carboxylic acids is 1. The Hall–Kier alpha value is -1.40. The molecule has 1 aliphatic rings. The molecule has 1 aromatic rings. The molecule has 0 unspecified atom stereocenters. The molecule has 1 aliphatic heterocycles. The normalized spacial score (nSPS) is 15.4. The van der Waals surface area contributed by atoms with Crippen LogP contribution in [0, 0.1) is 20.8 Å². The standard InChI is InChI=1S/C20H33N3O2S/c1-13-16(11-21)14(2)18(15(3)17(13)12-26)22-7-9-23(10-8-22)19(24)25-20(4,5)6/h26H,7-12,21H2,1-6H3. The Balaban J connectivity index is 2.23. The fourth-order valence-electron chi connectivity index (χ4n) is 3.77. The van der Waals surface area contributed by atoms with Crippen LogP contribution in [0.4, 0.5) is 10.5 Å².